The zero-order chi connectivity index (χ0) is 21.4. The number of methoxy groups -OCH3 is 1. The Hall–Kier alpha value is -3.16. The predicted molar refractivity (Wildman–Crippen MR) is 108 cm³/mol. The number of ether oxygens (including phenoxy) is 1. The number of benzene rings is 1. The number of amides is 2. The molecule has 3 heterocycles. The van der Waals surface area contributed by atoms with Crippen LogP contribution in [0.2, 0.25) is 0 Å². The van der Waals surface area contributed by atoms with Gasteiger partial charge in [0.1, 0.15) is 11.5 Å². The molecule has 158 valence electrons. The van der Waals surface area contributed by atoms with Crippen LogP contribution in [0.4, 0.5) is 4.39 Å². The molecule has 0 N–H and O–H groups in total. The maximum atomic E-state index is 13.3. The van der Waals surface area contributed by atoms with Crippen LogP contribution in [0.15, 0.2) is 29.1 Å². The molecule has 0 fully saturated rings. The largest absolute Gasteiger partial charge is 0.490 e. The van der Waals surface area contributed by atoms with Gasteiger partial charge in [-0.15, -0.1) is 0 Å². The number of fused-ring (bicyclic) bond motifs is 3. The first-order chi connectivity index (χ1) is 14.4. The van der Waals surface area contributed by atoms with Crippen LogP contribution in [-0.4, -0.2) is 53.4 Å². The Bertz CT molecular complexity index is 1060. The summed E-state index contributed by atoms with van der Waals surface area (Å²) < 4.78 is 20.0. The lowest BCUT2D eigenvalue weighted by Gasteiger charge is -2.33. The summed E-state index contributed by atoms with van der Waals surface area (Å²) >= 11 is 0. The van der Waals surface area contributed by atoms with Crippen molar-refractivity contribution in [1.82, 2.24) is 14.4 Å². The lowest BCUT2D eigenvalue weighted by molar-refractivity contribution is 0.0716. The Morgan fingerprint density at radius 3 is 2.40 bits per heavy atom. The number of nitrogens with zero attached hydrogens (tertiary/aromatic N) is 3. The fourth-order valence-electron chi connectivity index (χ4n) is 4.23. The number of carbonyl (C=O) groups is 2. The second-order valence-electron chi connectivity index (χ2n) is 7.73. The van der Waals surface area contributed by atoms with Gasteiger partial charge in [0.2, 0.25) is 0 Å². The van der Waals surface area contributed by atoms with Crippen LogP contribution >= 0.6 is 0 Å². The maximum absolute atomic E-state index is 13.3. The summed E-state index contributed by atoms with van der Waals surface area (Å²) in [5.41, 5.74) is 1.38. The monoisotopic (exact) mass is 413 g/mol. The molecule has 4 rings (SSSR count). The van der Waals surface area contributed by atoms with Crippen LogP contribution in [0, 0.1) is 5.82 Å². The van der Waals surface area contributed by atoms with Gasteiger partial charge in [0, 0.05) is 38.8 Å². The van der Waals surface area contributed by atoms with Gasteiger partial charge in [-0.05, 0) is 37.0 Å². The summed E-state index contributed by atoms with van der Waals surface area (Å²) in [7, 11) is 3.08. The van der Waals surface area contributed by atoms with Crippen molar-refractivity contribution in [3.05, 3.63) is 62.8 Å². The van der Waals surface area contributed by atoms with Gasteiger partial charge in [-0.3, -0.25) is 14.4 Å². The van der Waals surface area contributed by atoms with Crippen molar-refractivity contribution in [2.45, 2.75) is 32.4 Å². The molecule has 0 radical (unpaired) electrons. The molecule has 0 bridgehead atoms. The molecule has 2 aromatic rings. The van der Waals surface area contributed by atoms with E-state index in [0.717, 1.165) is 18.4 Å². The quantitative estimate of drug-likeness (QED) is 0.772. The van der Waals surface area contributed by atoms with Gasteiger partial charge in [-0.2, -0.15) is 0 Å². The first-order valence-electron chi connectivity index (χ1n) is 10.0. The fraction of sp³-hybridized carbons (Fsp3) is 0.409. The molecule has 8 heteroatoms. The number of hydrogen-bond donors (Lipinski definition) is 0. The molecule has 1 aromatic heterocycles. The van der Waals surface area contributed by atoms with Crippen LogP contribution in [0.5, 0.6) is 5.75 Å². The van der Waals surface area contributed by atoms with Gasteiger partial charge >= 0.3 is 0 Å². The fourth-order valence-corrected chi connectivity index (χ4v) is 4.23. The highest BCUT2D eigenvalue weighted by atomic mass is 19.1. The van der Waals surface area contributed by atoms with Gasteiger partial charge in [0.05, 0.1) is 12.7 Å². The standard InChI is InChI=1S/C22H24FN3O4/c1-24-10-3-4-11-26-18(21(24)28)16-9-12-25(13-14-5-7-15(23)8-6-14)20(27)17(16)19(30-2)22(26)29/h5-8H,3-4,9-13H2,1-2H3. The first kappa shape index (κ1) is 20.1. The average molecular weight is 413 g/mol. The van der Waals surface area contributed by atoms with Crippen LogP contribution in [0.25, 0.3) is 0 Å². The van der Waals surface area contributed by atoms with Gasteiger partial charge in [0.25, 0.3) is 17.4 Å². The van der Waals surface area contributed by atoms with E-state index in [1.807, 2.05) is 0 Å². The van der Waals surface area contributed by atoms with E-state index in [1.54, 1.807) is 29.0 Å². The molecule has 0 aliphatic carbocycles. The van der Waals surface area contributed by atoms with E-state index in [2.05, 4.69) is 0 Å². The Morgan fingerprint density at radius 2 is 1.70 bits per heavy atom. The Morgan fingerprint density at radius 1 is 1.00 bits per heavy atom. The molecule has 1 aromatic carbocycles. The highest BCUT2D eigenvalue weighted by molar-refractivity contribution is 6.04. The van der Waals surface area contributed by atoms with Crippen molar-refractivity contribution >= 4 is 11.8 Å². The molecule has 2 aliphatic heterocycles. The van der Waals surface area contributed by atoms with Crippen molar-refractivity contribution in [3.63, 3.8) is 0 Å². The Balaban J connectivity index is 1.81. The third kappa shape index (κ3) is 3.36. The summed E-state index contributed by atoms with van der Waals surface area (Å²) in [6.07, 6.45) is 2.00. The minimum atomic E-state index is -0.452. The normalized spacial score (nSPS) is 16.6. The van der Waals surface area contributed by atoms with Gasteiger partial charge in [0.15, 0.2) is 5.75 Å². The molecule has 0 saturated heterocycles. The van der Waals surface area contributed by atoms with Crippen LogP contribution < -0.4 is 10.3 Å². The predicted octanol–water partition coefficient (Wildman–Crippen LogP) is 2.06. The molecule has 30 heavy (non-hydrogen) atoms. The summed E-state index contributed by atoms with van der Waals surface area (Å²) in [4.78, 5) is 42.8. The third-order valence-corrected chi connectivity index (χ3v) is 5.82. The number of halogens is 1. The number of hydrogen-bond acceptors (Lipinski definition) is 4. The summed E-state index contributed by atoms with van der Waals surface area (Å²) in [5.74, 6) is -0.954. The van der Waals surface area contributed by atoms with E-state index in [1.165, 1.54) is 23.8 Å². The zero-order valence-corrected chi connectivity index (χ0v) is 17.1. The number of rotatable bonds is 3. The van der Waals surface area contributed by atoms with Gasteiger partial charge in [-0.25, -0.2) is 4.39 Å². The number of pyridine rings is 1. The molecule has 7 nitrogen and oxygen atoms in total. The summed E-state index contributed by atoms with van der Waals surface area (Å²) in [6.45, 7) is 1.71. The summed E-state index contributed by atoms with van der Waals surface area (Å²) in [5, 5.41) is 0. The minimum absolute atomic E-state index is 0.0152. The number of aromatic nitrogens is 1. The van der Waals surface area contributed by atoms with E-state index in [0.29, 0.717) is 37.3 Å². The maximum Gasteiger partial charge on any atom is 0.294 e. The molecule has 0 spiro atoms. The average Bonchev–Trinajstić information content (AvgIpc) is 2.73. The molecular weight excluding hydrogens is 389 g/mol. The SMILES string of the molecule is COc1c2c(c3n(c1=O)CCCCN(C)C3=O)CCN(Cc1ccc(F)cc1)C2=O. The van der Waals surface area contributed by atoms with E-state index >= 15 is 0 Å². The second-order valence-corrected chi connectivity index (χ2v) is 7.73. The van der Waals surface area contributed by atoms with Crippen molar-refractivity contribution in [2.75, 3.05) is 27.2 Å². The van der Waals surface area contributed by atoms with E-state index in [4.69, 9.17) is 4.74 Å². The lowest BCUT2D eigenvalue weighted by atomic mass is 9.94. The van der Waals surface area contributed by atoms with Crippen molar-refractivity contribution in [1.29, 1.82) is 0 Å². The summed E-state index contributed by atoms with van der Waals surface area (Å²) in [6, 6.07) is 5.95. The molecule has 0 unspecified atom stereocenters. The van der Waals surface area contributed by atoms with Crippen LogP contribution in [0.1, 0.15) is 44.8 Å². The topological polar surface area (TPSA) is 71.8 Å². The van der Waals surface area contributed by atoms with E-state index in [9.17, 15) is 18.8 Å². The Labute approximate surface area is 173 Å². The smallest absolute Gasteiger partial charge is 0.294 e. The van der Waals surface area contributed by atoms with Gasteiger partial charge in [-0.1, -0.05) is 12.1 Å². The molecule has 0 saturated carbocycles. The number of carbonyl (C=O) groups excluding carboxylic acids is 2. The van der Waals surface area contributed by atoms with Crippen LogP contribution in [0.3, 0.4) is 0 Å². The van der Waals surface area contributed by atoms with E-state index < -0.39 is 5.56 Å². The second kappa shape index (κ2) is 7.93. The molecule has 2 amide bonds. The first-order valence-corrected chi connectivity index (χ1v) is 10.0. The van der Waals surface area contributed by atoms with Crippen molar-refractivity contribution in [3.8, 4) is 5.75 Å². The van der Waals surface area contributed by atoms with E-state index in [-0.39, 0.29) is 35.5 Å². The minimum Gasteiger partial charge on any atom is -0.490 e. The highest BCUT2D eigenvalue weighted by Crippen LogP contribution is 2.30. The van der Waals surface area contributed by atoms with Crippen molar-refractivity contribution in [2.24, 2.45) is 0 Å². The Kier molecular flexibility index (Phi) is 5.32. The molecule has 0 atom stereocenters. The zero-order valence-electron chi connectivity index (χ0n) is 17.1. The molecular formula is C22H24FN3O4. The van der Waals surface area contributed by atoms with Crippen molar-refractivity contribution < 1.29 is 18.7 Å². The van der Waals surface area contributed by atoms with Gasteiger partial charge < -0.3 is 19.1 Å². The highest BCUT2D eigenvalue weighted by Gasteiger charge is 2.36. The molecule has 2 aliphatic rings. The lowest BCUT2D eigenvalue weighted by Crippen LogP contribution is -2.44. The third-order valence-electron chi connectivity index (χ3n) is 5.82. The van der Waals surface area contributed by atoms with Crippen LogP contribution in [-0.2, 0) is 19.5 Å².